The highest BCUT2D eigenvalue weighted by Gasteiger charge is 2.18. The summed E-state index contributed by atoms with van der Waals surface area (Å²) in [5, 5.41) is 0. The largest absolute Gasteiger partial charge is 0.424 e. The molecule has 0 amide bonds. The number of hydrogen-bond donors (Lipinski definition) is 0. The van der Waals surface area contributed by atoms with Gasteiger partial charge in [-0.2, -0.15) is 0 Å². The van der Waals surface area contributed by atoms with Gasteiger partial charge in [-0.3, -0.25) is 0 Å². The molecular weight excluding hydrogens is 413 g/mol. The van der Waals surface area contributed by atoms with Crippen molar-refractivity contribution < 1.29 is 17.2 Å². The van der Waals surface area contributed by atoms with E-state index in [0.29, 0.717) is 16.9 Å². The molecule has 0 saturated heterocycles. The summed E-state index contributed by atoms with van der Waals surface area (Å²) >= 11 is 3.39. The monoisotopic (exact) mass is 425 g/mol. The first-order valence-electron chi connectivity index (χ1n) is 7.15. The molecule has 0 fully saturated rings. The van der Waals surface area contributed by atoms with Gasteiger partial charge in [0, 0.05) is 16.3 Å². The molecular formula is C17H13BrFNO4S. The van der Waals surface area contributed by atoms with Crippen molar-refractivity contribution in [2.24, 2.45) is 0 Å². The predicted molar refractivity (Wildman–Crippen MR) is 95.2 cm³/mol. The van der Waals surface area contributed by atoms with E-state index in [9.17, 15) is 17.6 Å². The highest BCUT2D eigenvalue weighted by Crippen LogP contribution is 2.27. The Labute approximate surface area is 151 Å². The quantitative estimate of drug-likeness (QED) is 0.641. The Morgan fingerprint density at radius 3 is 2.48 bits per heavy atom. The summed E-state index contributed by atoms with van der Waals surface area (Å²) in [7, 11) is -3.67. The molecule has 5 nitrogen and oxygen atoms in total. The number of aromatic nitrogens is 1. The molecule has 2 aromatic carbocycles. The Morgan fingerprint density at radius 2 is 1.88 bits per heavy atom. The van der Waals surface area contributed by atoms with Gasteiger partial charge in [0.25, 0.3) is 0 Å². The topological polar surface area (TPSA) is 69.3 Å². The Kier molecular flexibility index (Phi) is 4.42. The molecule has 0 aliphatic rings. The molecule has 0 bridgehead atoms. The number of hydrogen-bond acceptors (Lipinski definition) is 4. The normalized spacial score (nSPS) is 11.7. The van der Waals surface area contributed by atoms with Crippen LogP contribution < -0.4 is 5.76 Å². The first-order valence-corrected chi connectivity index (χ1v) is 9.84. The van der Waals surface area contributed by atoms with Gasteiger partial charge in [-0.15, -0.1) is 0 Å². The molecule has 0 N–H and O–H groups in total. The first-order chi connectivity index (χ1) is 11.7. The van der Waals surface area contributed by atoms with E-state index in [1.54, 1.807) is 18.2 Å². The number of rotatable bonds is 3. The third-order valence-electron chi connectivity index (χ3n) is 3.72. The van der Waals surface area contributed by atoms with Crippen LogP contribution in [0.5, 0.6) is 0 Å². The van der Waals surface area contributed by atoms with Gasteiger partial charge in [0.1, 0.15) is 17.0 Å². The minimum absolute atomic E-state index is 0.325. The zero-order valence-electron chi connectivity index (χ0n) is 13.3. The molecule has 0 unspecified atom stereocenters. The van der Waals surface area contributed by atoms with Crippen LogP contribution in [0.4, 0.5) is 4.39 Å². The fourth-order valence-corrected chi connectivity index (χ4v) is 3.46. The second kappa shape index (κ2) is 6.27. The minimum Gasteiger partial charge on any atom is -0.415 e. The average Bonchev–Trinajstić information content (AvgIpc) is 2.90. The van der Waals surface area contributed by atoms with Crippen LogP contribution in [-0.2, 0) is 9.84 Å². The Morgan fingerprint density at radius 1 is 1.16 bits per heavy atom. The summed E-state index contributed by atoms with van der Waals surface area (Å²) in [5.41, 5.74) is 2.12. The van der Waals surface area contributed by atoms with Crippen molar-refractivity contribution in [3.05, 3.63) is 69.1 Å². The van der Waals surface area contributed by atoms with Crippen molar-refractivity contribution >= 4 is 25.8 Å². The smallest absolute Gasteiger partial charge is 0.415 e. The van der Waals surface area contributed by atoms with Crippen LogP contribution in [0, 0.1) is 12.7 Å². The van der Waals surface area contributed by atoms with Crippen molar-refractivity contribution in [3.8, 4) is 16.9 Å². The van der Waals surface area contributed by atoms with Crippen LogP contribution in [0.1, 0.15) is 5.56 Å². The molecule has 0 aliphatic heterocycles. The zero-order chi connectivity index (χ0) is 18.4. The Balaban J connectivity index is 2.19. The zero-order valence-corrected chi connectivity index (χ0v) is 15.7. The molecule has 0 radical (unpaired) electrons. The number of benzene rings is 2. The molecule has 130 valence electrons. The summed E-state index contributed by atoms with van der Waals surface area (Å²) in [6, 6.07) is 8.98. The lowest BCUT2D eigenvalue weighted by molar-refractivity contribution is 0.504. The van der Waals surface area contributed by atoms with Crippen LogP contribution in [0.2, 0.25) is 0 Å². The van der Waals surface area contributed by atoms with Gasteiger partial charge in [-0.05, 0) is 42.8 Å². The van der Waals surface area contributed by atoms with Crippen molar-refractivity contribution in [1.29, 1.82) is 0 Å². The Hall–Kier alpha value is -2.19. The first kappa shape index (κ1) is 17.6. The molecule has 25 heavy (non-hydrogen) atoms. The number of halogens is 2. The summed E-state index contributed by atoms with van der Waals surface area (Å²) < 4.78 is 44.4. The van der Waals surface area contributed by atoms with Crippen molar-refractivity contribution in [3.63, 3.8) is 0 Å². The van der Waals surface area contributed by atoms with E-state index in [-0.39, 0.29) is 0 Å². The molecule has 1 aromatic heterocycles. The van der Waals surface area contributed by atoms with Crippen LogP contribution in [0.25, 0.3) is 16.9 Å². The maximum Gasteiger partial charge on any atom is 0.424 e. The molecule has 1 heterocycles. The molecule has 3 rings (SSSR count). The fourth-order valence-electron chi connectivity index (χ4n) is 2.48. The van der Waals surface area contributed by atoms with Crippen LogP contribution in [0.3, 0.4) is 0 Å². The highest BCUT2D eigenvalue weighted by molar-refractivity contribution is 9.10. The number of sulfone groups is 1. The van der Waals surface area contributed by atoms with Gasteiger partial charge >= 0.3 is 5.76 Å². The van der Waals surface area contributed by atoms with Gasteiger partial charge in [-0.25, -0.2) is 22.2 Å². The average molecular weight is 426 g/mol. The summed E-state index contributed by atoms with van der Waals surface area (Å²) in [6.07, 6.45) is 2.15. The maximum atomic E-state index is 14.2. The third-order valence-corrected chi connectivity index (χ3v) is 5.74. The van der Waals surface area contributed by atoms with Crippen molar-refractivity contribution in [1.82, 2.24) is 4.57 Å². The van der Waals surface area contributed by atoms with E-state index >= 15 is 0 Å². The standard InChI is InChI=1S/C17H13BrFNO4S/c1-10-7-12(4-5-13(10)18)20-15(9-24-17(20)21)11-3-6-16(14(19)8-11)25(2,22)23/h3-9H,1-2H3. The van der Waals surface area contributed by atoms with E-state index < -0.39 is 26.3 Å². The molecule has 0 saturated carbocycles. The fraction of sp³-hybridized carbons (Fsp3) is 0.118. The van der Waals surface area contributed by atoms with Crippen molar-refractivity contribution in [2.75, 3.05) is 6.26 Å². The van der Waals surface area contributed by atoms with Gasteiger partial charge in [0.15, 0.2) is 9.84 Å². The maximum absolute atomic E-state index is 14.2. The molecule has 0 aliphatic carbocycles. The second-order valence-electron chi connectivity index (χ2n) is 5.57. The minimum atomic E-state index is -3.67. The van der Waals surface area contributed by atoms with Crippen molar-refractivity contribution in [2.45, 2.75) is 11.8 Å². The van der Waals surface area contributed by atoms with E-state index in [2.05, 4.69) is 15.9 Å². The summed E-state index contributed by atoms with van der Waals surface area (Å²) in [5.74, 6) is -1.50. The SMILES string of the molecule is Cc1cc(-n2c(-c3ccc(S(C)(=O)=O)c(F)c3)coc2=O)ccc1Br. The highest BCUT2D eigenvalue weighted by atomic mass is 79.9. The van der Waals surface area contributed by atoms with Crippen LogP contribution in [-0.4, -0.2) is 19.2 Å². The number of oxazole rings is 1. The lowest BCUT2D eigenvalue weighted by Gasteiger charge is -2.09. The molecule has 0 spiro atoms. The number of nitrogens with zero attached hydrogens (tertiary/aromatic N) is 1. The van der Waals surface area contributed by atoms with E-state index in [1.165, 1.54) is 23.0 Å². The lowest BCUT2D eigenvalue weighted by atomic mass is 10.1. The Bertz CT molecular complexity index is 1130. The summed E-state index contributed by atoms with van der Waals surface area (Å²) in [6.45, 7) is 1.87. The van der Waals surface area contributed by atoms with E-state index in [4.69, 9.17) is 4.42 Å². The van der Waals surface area contributed by atoms with Gasteiger partial charge in [0.05, 0.1) is 11.4 Å². The van der Waals surface area contributed by atoms with E-state index in [1.807, 2.05) is 6.92 Å². The summed E-state index contributed by atoms with van der Waals surface area (Å²) in [4.78, 5) is 11.7. The van der Waals surface area contributed by atoms with Crippen LogP contribution in [0.15, 0.2) is 61.2 Å². The van der Waals surface area contributed by atoms with Gasteiger partial charge < -0.3 is 4.42 Å². The molecule has 0 atom stereocenters. The predicted octanol–water partition coefficient (Wildman–Crippen LogP) is 3.71. The number of aryl methyl sites for hydroxylation is 1. The molecule has 3 aromatic rings. The molecule has 8 heteroatoms. The lowest BCUT2D eigenvalue weighted by Crippen LogP contribution is -2.13. The van der Waals surface area contributed by atoms with Gasteiger partial charge in [-0.1, -0.05) is 22.0 Å². The van der Waals surface area contributed by atoms with E-state index in [0.717, 1.165) is 22.4 Å². The third kappa shape index (κ3) is 3.32. The second-order valence-corrected chi connectivity index (χ2v) is 8.41. The van der Waals surface area contributed by atoms with Gasteiger partial charge in [0.2, 0.25) is 0 Å². The van der Waals surface area contributed by atoms with Crippen LogP contribution >= 0.6 is 15.9 Å².